The molecule has 1 unspecified atom stereocenters. The molecule has 36 heavy (non-hydrogen) atoms. The summed E-state index contributed by atoms with van der Waals surface area (Å²) < 4.78 is 6.27. The number of benzene rings is 2. The fourth-order valence-corrected chi connectivity index (χ4v) is 5.67. The van der Waals surface area contributed by atoms with Gasteiger partial charge in [0.05, 0.1) is 12.5 Å². The molecule has 0 bridgehead atoms. The van der Waals surface area contributed by atoms with E-state index in [1.165, 1.54) is 6.42 Å². The molecule has 0 aliphatic carbocycles. The summed E-state index contributed by atoms with van der Waals surface area (Å²) in [4.78, 5) is 30.8. The molecule has 4 rings (SSSR count). The van der Waals surface area contributed by atoms with E-state index < -0.39 is 0 Å². The van der Waals surface area contributed by atoms with Gasteiger partial charge in [0, 0.05) is 43.0 Å². The van der Waals surface area contributed by atoms with E-state index in [1.807, 2.05) is 65.3 Å². The molecule has 2 aromatic rings. The number of likely N-dealkylation sites (tertiary alicyclic amines) is 2. The van der Waals surface area contributed by atoms with Crippen LogP contribution in [-0.4, -0.2) is 54.4 Å². The first kappa shape index (κ1) is 26.5. The lowest BCUT2D eigenvalue weighted by molar-refractivity contribution is -0.139. The van der Waals surface area contributed by atoms with Crippen molar-refractivity contribution in [1.29, 1.82) is 0 Å². The third-order valence-electron chi connectivity index (χ3n) is 7.95. The van der Waals surface area contributed by atoms with Crippen LogP contribution in [0, 0.1) is 12.3 Å². The Balaban J connectivity index is 1.46. The summed E-state index contributed by atoms with van der Waals surface area (Å²) in [6.45, 7) is 7.51. The topological polar surface area (TPSA) is 49.9 Å². The molecule has 2 aliphatic heterocycles. The molecular formula is C30H39ClN2O3. The van der Waals surface area contributed by atoms with E-state index in [-0.39, 0.29) is 23.1 Å². The number of rotatable bonds is 8. The van der Waals surface area contributed by atoms with Gasteiger partial charge >= 0.3 is 0 Å². The fraction of sp³-hybridized carbons (Fsp3) is 0.533. The Morgan fingerprint density at radius 1 is 0.972 bits per heavy atom. The number of piperidine rings is 2. The van der Waals surface area contributed by atoms with Crippen LogP contribution in [0.15, 0.2) is 48.5 Å². The Labute approximate surface area is 220 Å². The lowest BCUT2D eigenvalue weighted by Crippen LogP contribution is -2.49. The summed E-state index contributed by atoms with van der Waals surface area (Å²) in [5.41, 5.74) is 1.76. The Bertz CT molecular complexity index is 1030. The van der Waals surface area contributed by atoms with Gasteiger partial charge in [0.2, 0.25) is 11.8 Å². The average Bonchev–Trinajstić information content (AvgIpc) is 2.91. The van der Waals surface area contributed by atoms with E-state index in [0.717, 1.165) is 62.1 Å². The number of carbonyl (C=O) groups is 2. The Morgan fingerprint density at radius 3 is 2.31 bits per heavy atom. The molecule has 2 saturated heterocycles. The first-order valence-corrected chi connectivity index (χ1v) is 13.8. The van der Waals surface area contributed by atoms with Gasteiger partial charge in [-0.2, -0.15) is 0 Å². The van der Waals surface area contributed by atoms with Crippen molar-refractivity contribution in [3.05, 3.63) is 64.7 Å². The molecule has 2 aliphatic rings. The van der Waals surface area contributed by atoms with E-state index in [0.29, 0.717) is 31.1 Å². The predicted octanol–water partition coefficient (Wildman–Crippen LogP) is 6.23. The Kier molecular flexibility index (Phi) is 8.95. The van der Waals surface area contributed by atoms with Gasteiger partial charge in [-0.3, -0.25) is 9.59 Å². The summed E-state index contributed by atoms with van der Waals surface area (Å²) in [6, 6.07) is 15.7. The van der Waals surface area contributed by atoms with E-state index in [4.69, 9.17) is 16.3 Å². The number of halogens is 1. The number of carbonyl (C=O) groups excluding carboxylic acids is 2. The molecule has 2 fully saturated rings. The minimum Gasteiger partial charge on any atom is -0.493 e. The highest BCUT2D eigenvalue weighted by atomic mass is 35.5. The summed E-state index contributed by atoms with van der Waals surface area (Å²) in [5.74, 6) is 1.06. The summed E-state index contributed by atoms with van der Waals surface area (Å²) in [7, 11) is 0. The van der Waals surface area contributed by atoms with Crippen LogP contribution in [-0.2, 0) is 9.59 Å². The molecule has 2 heterocycles. The molecule has 0 aromatic heterocycles. The maximum absolute atomic E-state index is 13.5. The molecule has 0 N–H and O–H groups in total. The van der Waals surface area contributed by atoms with Crippen molar-refractivity contribution in [2.45, 2.75) is 64.7 Å². The molecule has 1 atom stereocenters. The third kappa shape index (κ3) is 6.42. The summed E-state index contributed by atoms with van der Waals surface area (Å²) in [5, 5.41) is 0.716. The van der Waals surface area contributed by atoms with Gasteiger partial charge in [0.15, 0.2) is 0 Å². The number of hydrogen-bond donors (Lipinski definition) is 0. The summed E-state index contributed by atoms with van der Waals surface area (Å²) in [6.07, 6.45) is 6.13. The number of aryl methyl sites for hydroxylation is 1. The van der Waals surface area contributed by atoms with Crippen LogP contribution in [0.1, 0.15) is 68.9 Å². The lowest BCUT2D eigenvalue weighted by atomic mass is 9.75. The van der Waals surface area contributed by atoms with Crippen molar-refractivity contribution in [2.24, 2.45) is 5.41 Å². The van der Waals surface area contributed by atoms with Crippen molar-refractivity contribution in [2.75, 3.05) is 32.8 Å². The van der Waals surface area contributed by atoms with Crippen LogP contribution < -0.4 is 4.74 Å². The first-order valence-electron chi connectivity index (χ1n) is 13.4. The molecule has 6 heteroatoms. The molecule has 0 saturated carbocycles. The maximum Gasteiger partial charge on any atom is 0.230 e. The first-order chi connectivity index (χ1) is 17.4. The maximum atomic E-state index is 13.5. The number of ether oxygens (including phenoxy) is 1. The van der Waals surface area contributed by atoms with Crippen LogP contribution in [0.25, 0.3) is 0 Å². The van der Waals surface area contributed by atoms with Gasteiger partial charge in [0.1, 0.15) is 5.75 Å². The molecule has 2 aromatic carbocycles. The second kappa shape index (κ2) is 12.1. The molecule has 2 amide bonds. The van der Waals surface area contributed by atoms with Gasteiger partial charge in [0.25, 0.3) is 0 Å². The highest BCUT2D eigenvalue weighted by molar-refractivity contribution is 6.31. The van der Waals surface area contributed by atoms with E-state index in [2.05, 4.69) is 6.92 Å². The Morgan fingerprint density at radius 2 is 1.67 bits per heavy atom. The second-order valence-corrected chi connectivity index (χ2v) is 10.9. The van der Waals surface area contributed by atoms with Crippen LogP contribution in [0.3, 0.4) is 0 Å². The fourth-order valence-electron chi connectivity index (χ4n) is 5.55. The zero-order valence-corrected chi connectivity index (χ0v) is 22.4. The van der Waals surface area contributed by atoms with Crippen molar-refractivity contribution < 1.29 is 14.3 Å². The van der Waals surface area contributed by atoms with Gasteiger partial charge in [-0.25, -0.2) is 0 Å². The third-order valence-corrected chi connectivity index (χ3v) is 8.38. The molecule has 5 nitrogen and oxygen atoms in total. The largest absolute Gasteiger partial charge is 0.493 e. The van der Waals surface area contributed by atoms with Gasteiger partial charge in [-0.05, 0) is 74.8 Å². The van der Waals surface area contributed by atoms with Crippen molar-refractivity contribution in [3.8, 4) is 5.75 Å². The Hall–Kier alpha value is -2.53. The van der Waals surface area contributed by atoms with Crippen molar-refractivity contribution in [1.82, 2.24) is 9.80 Å². The second-order valence-electron chi connectivity index (χ2n) is 10.5. The molecule has 0 radical (unpaired) electrons. The summed E-state index contributed by atoms with van der Waals surface area (Å²) >= 11 is 6.20. The van der Waals surface area contributed by atoms with Crippen LogP contribution in [0.5, 0.6) is 5.75 Å². The molecule has 194 valence electrons. The monoisotopic (exact) mass is 510 g/mol. The zero-order chi connectivity index (χ0) is 25.5. The zero-order valence-electron chi connectivity index (χ0n) is 21.7. The normalized spacial score (nSPS) is 18.5. The van der Waals surface area contributed by atoms with Crippen LogP contribution in [0.2, 0.25) is 5.02 Å². The van der Waals surface area contributed by atoms with Gasteiger partial charge < -0.3 is 14.5 Å². The van der Waals surface area contributed by atoms with E-state index >= 15 is 0 Å². The van der Waals surface area contributed by atoms with Crippen molar-refractivity contribution >= 4 is 23.4 Å². The predicted molar refractivity (Wildman–Crippen MR) is 144 cm³/mol. The average molecular weight is 511 g/mol. The number of nitrogens with zero attached hydrogens (tertiary/aromatic N) is 2. The lowest BCUT2D eigenvalue weighted by Gasteiger charge is -2.43. The van der Waals surface area contributed by atoms with E-state index in [1.54, 1.807) is 0 Å². The highest BCUT2D eigenvalue weighted by Crippen LogP contribution is 2.38. The molecule has 0 spiro atoms. The quantitative estimate of drug-likeness (QED) is 0.423. The SMILES string of the molecule is CCC(C(=O)N1CCC(COc2ccc(Cl)c(C)c2)(CC(=O)N2CCCCC2)CC1)c1ccccc1. The van der Waals surface area contributed by atoms with Crippen LogP contribution >= 0.6 is 11.6 Å². The van der Waals surface area contributed by atoms with Crippen molar-refractivity contribution in [3.63, 3.8) is 0 Å². The van der Waals surface area contributed by atoms with E-state index in [9.17, 15) is 9.59 Å². The van der Waals surface area contributed by atoms with Crippen LogP contribution in [0.4, 0.5) is 0 Å². The smallest absolute Gasteiger partial charge is 0.230 e. The number of amides is 2. The van der Waals surface area contributed by atoms with Gasteiger partial charge in [-0.1, -0.05) is 48.9 Å². The molecular weight excluding hydrogens is 472 g/mol. The van der Waals surface area contributed by atoms with Gasteiger partial charge in [-0.15, -0.1) is 0 Å². The number of hydrogen-bond acceptors (Lipinski definition) is 3. The standard InChI is InChI=1S/C30H39ClN2O3/c1-3-26(24-10-6-4-7-11-24)29(35)33-18-14-30(15-19-33,21-28(34)32-16-8-5-9-17-32)22-36-25-12-13-27(31)23(2)20-25/h4,6-7,10-13,20,26H,3,5,8-9,14-19,21-22H2,1-2H3. The minimum atomic E-state index is -0.284. The minimum absolute atomic E-state index is 0.123. The highest BCUT2D eigenvalue weighted by Gasteiger charge is 2.40.